The van der Waals surface area contributed by atoms with Crippen molar-refractivity contribution in [2.24, 2.45) is 7.05 Å². The van der Waals surface area contributed by atoms with Crippen LogP contribution < -0.4 is 14.8 Å². The molecule has 1 amide bonds. The molecular formula is C25H30N4O7S. The summed E-state index contributed by atoms with van der Waals surface area (Å²) in [5.41, 5.74) is -0.523. The van der Waals surface area contributed by atoms with Gasteiger partial charge >= 0.3 is 5.97 Å². The van der Waals surface area contributed by atoms with E-state index in [1.54, 1.807) is 44.8 Å². The summed E-state index contributed by atoms with van der Waals surface area (Å²) in [4.78, 5) is 29.3. The molecule has 0 spiro atoms. The molecule has 2 aromatic heterocycles. The highest BCUT2D eigenvalue weighted by molar-refractivity contribution is 7.91. The number of anilines is 1. The maximum absolute atomic E-state index is 12.9. The summed E-state index contributed by atoms with van der Waals surface area (Å²) in [5.74, 6) is -0.168. The van der Waals surface area contributed by atoms with E-state index < -0.39 is 33.4 Å². The number of aromatic nitrogens is 3. The standard InChI is InChI=1S/C25H30N4O7S/c1-7-37(32,33)22-9-8-18(15-26-22)35-20-13-17(23(30)27-21-10-11-29(6)28-21)12-19(14-20)34-16(2)24(31)36-25(3,4)5/h8-16H,7H2,1-6H3,(H,27,28,30). The molecule has 3 rings (SSSR count). The van der Waals surface area contributed by atoms with Crippen LogP contribution in [0.2, 0.25) is 0 Å². The quantitative estimate of drug-likeness (QED) is 0.410. The number of hydrogen-bond donors (Lipinski definition) is 1. The van der Waals surface area contributed by atoms with Gasteiger partial charge in [0.1, 0.15) is 22.8 Å². The number of aryl methyl sites for hydroxylation is 1. The predicted octanol–water partition coefficient (Wildman–Crippen LogP) is 3.76. The van der Waals surface area contributed by atoms with Gasteiger partial charge in [0.15, 0.2) is 26.8 Å². The molecule has 1 aromatic carbocycles. The van der Waals surface area contributed by atoms with Gasteiger partial charge in [-0.3, -0.25) is 9.48 Å². The number of nitrogens with zero attached hydrogens (tertiary/aromatic N) is 3. The third-order valence-corrected chi connectivity index (χ3v) is 6.43. The fourth-order valence-corrected chi connectivity index (χ4v) is 3.82. The number of ether oxygens (including phenoxy) is 3. The first-order valence-corrected chi connectivity index (χ1v) is 13.1. The van der Waals surface area contributed by atoms with Crippen molar-refractivity contribution < 1.29 is 32.2 Å². The molecule has 1 unspecified atom stereocenters. The van der Waals surface area contributed by atoms with Crippen LogP contribution in [0.4, 0.5) is 5.82 Å². The van der Waals surface area contributed by atoms with E-state index in [1.807, 2.05) is 0 Å². The average molecular weight is 531 g/mol. The number of esters is 1. The van der Waals surface area contributed by atoms with Gasteiger partial charge in [0, 0.05) is 30.9 Å². The minimum atomic E-state index is -3.47. The van der Waals surface area contributed by atoms with Crippen LogP contribution in [0.1, 0.15) is 45.0 Å². The van der Waals surface area contributed by atoms with Crippen molar-refractivity contribution in [1.82, 2.24) is 14.8 Å². The van der Waals surface area contributed by atoms with Gasteiger partial charge in [0.05, 0.1) is 11.9 Å². The fraction of sp³-hybridized carbons (Fsp3) is 0.360. The molecule has 0 radical (unpaired) electrons. The van der Waals surface area contributed by atoms with Crippen molar-refractivity contribution in [3.05, 3.63) is 54.4 Å². The van der Waals surface area contributed by atoms with Gasteiger partial charge in [-0.1, -0.05) is 6.92 Å². The number of amides is 1. The van der Waals surface area contributed by atoms with Gasteiger partial charge in [0.25, 0.3) is 5.91 Å². The average Bonchev–Trinajstić information content (AvgIpc) is 3.22. The second kappa shape index (κ2) is 11.0. The number of carbonyl (C=O) groups is 2. The van der Waals surface area contributed by atoms with E-state index in [4.69, 9.17) is 14.2 Å². The van der Waals surface area contributed by atoms with E-state index in [0.717, 1.165) is 0 Å². The zero-order valence-corrected chi connectivity index (χ0v) is 22.3. The van der Waals surface area contributed by atoms with E-state index in [2.05, 4.69) is 15.4 Å². The Morgan fingerprint density at radius 3 is 2.35 bits per heavy atom. The number of carbonyl (C=O) groups excluding carboxylic acids is 2. The van der Waals surface area contributed by atoms with Crippen molar-refractivity contribution in [1.29, 1.82) is 0 Å². The molecule has 11 nitrogen and oxygen atoms in total. The van der Waals surface area contributed by atoms with Gasteiger partial charge < -0.3 is 19.5 Å². The molecule has 37 heavy (non-hydrogen) atoms. The zero-order chi connectivity index (χ0) is 27.4. The molecule has 0 fully saturated rings. The molecule has 0 aliphatic heterocycles. The lowest BCUT2D eigenvalue weighted by molar-refractivity contribution is -0.162. The lowest BCUT2D eigenvalue weighted by Crippen LogP contribution is -2.33. The van der Waals surface area contributed by atoms with Crippen molar-refractivity contribution in [3.63, 3.8) is 0 Å². The normalized spacial score (nSPS) is 12.5. The van der Waals surface area contributed by atoms with E-state index in [1.165, 1.54) is 50.4 Å². The summed E-state index contributed by atoms with van der Waals surface area (Å²) in [5, 5.41) is 6.75. The first kappa shape index (κ1) is 27.7. The monoisotopic (exact) mass is 530 g/mol. The fourth-order valence-electron chi connectivity index (χ4n) is 3.03. The number of nitrogens with one attached hydrogen (secondary N) is 1. The van der Waals surface area contributed by atoms with E-state index in [9.17, 15) is 18.0 Å². The molecule has 0 aliphatic rings. The summed E-state index contributed by atoms with van der Waals surface area (Å²) in [6.07, 6.45) is 1.98. The summed E-state index contributed by atoms with van der Waals surface area (Å²) >= 11 is 0. The van der Waals surface area contributed by atoms with Crippen LogP contribution in [0, 0.1) is 0 Å². The Bertz CT molecular complexity index is 1380. The SMILES string of the molecule is CCS(=O)(=O)c1ccc(Oc2cc(OC(C)C(=O)OC(C)(C)C)cc(C(=O)Nc3ccn(C)n3)c2)cn1. The molecule has 0 saturated carbocycles. The van der Waals surface area contributed by atoms with Gasteiger partial charge in [-0.25, -0.2) is 18.2 Å². The highest BCUT2D eigenvalue weighted by Crippen LogP contribution is 2.29. The van der Waals surface area contributed by atoms with Crippen LogP contribution in [0.5, 0.6) is 17.2 Å². The van der Waals surface area contributed by atoms with Crippen LogP contribution in [0.3, 0.4) is 0 Å². The molecule has 198 valence electrons. The van der Waals surface area contributed by atoms with Crippen molar-refractivity contribution in [3.8, 4) is 17.2 Å². The van der Waals surface area contributed by atoms with Crippen LogP contribution in [0.15, 0.2) is 53.8 Å². The van der Waals surface area contributed by atoms with Crippen LogP contribution in [-0.4, -0.2) is 52.5 Å². The van der Waals surface area contributed by atoms with Crippen LogP contribution >= 0.6 is 0 Å². The smallest absolute Gasteiger partial charge is 0.347 e. The first-order valence-electron chi connectivity index (χ1n) is 11.5. The highest BCUT2D eigenvalue weighted by Gasteiger charge is 2.24. The number of benzene rings is 1. The number of pyridine rings is 1. The molecule has 3 aromatic rings. The van der Waals surface area contributed by atoms with Crippen LogP contribution in [0.25, 0.3) is 0 Å². The van der Waals surface area contributed by atoms with Crippen molar-refractivity contribution in [2.45, 2.75) is 51.3 Å². The lowest BCUT2D eigenvalue weighted by Gasteiger charge is -2.23. The Morgan fingerprint density at radius 2 is 1.78 bits per heavy atom. The van der Waals surface area contributed by atoms with E-state index in [0.29, 0.717) is 5.82 Å². The zero-order valence-electron chi connectivity index (χ0n) is 21.5. The predicted molar refractivity (Wildman–Crippen MR) is 136 cm³/mol. The molecule has 1 atom stereocenters. The highest BCUT2D eigenvalue weighted by atomic mass is 32.2. The van der Waals surface area contributed by atoms with Crippen molar-refractivity contribution >= 4 is 27.5 Å². The number of sulfone groups is 1. The number of rotatable bonds is 9. The summed E-state index contributed by atoms with van der Waals surface area (Å²) < 4.78 is 42.6. The lowest BCUT2D eigenvalue weighted by atomic mass is 10.1. The maximum Gasteiger partial charge on any atom is 0.347 e. The summed E-state index contributed by atoms with van der Waals surface area (Å²) in [6.45, 7) is 8.31. The summed E-state index contributed by atoms with van der Waals surface area (Å²) in [6, 6.07) is 8.86. The minimum Gasteiger partial charge on any atom is -0.479 e. The Hall–Kier alpha value is -3.93. The van der Waals surface area contributed by atoms with Gasteiger partial charge in [-0.15, -0.1) is 0 Å². The molecule has 1 N–H and O–H groups in total. The molecule has 2 heterocycles. The topological polar surface area (TPSA) is 139 Å². The van der Waals surface area contributed by atoms with Gasteiger partial charge in [0.2, 0.25) is 0 Å². The number of hydrogen-bond acceptors (Lipinski definition) is 9. The van der Waals surface area contributed by atoms with Crippen molar-refractivity contribution in [2.75, 3.05) is 11.1 Å². The summed E-state index contributed by atoms with van der Waals surface area (Å²) in [7, 11) is -1.74. The Kier molecular flexibility index (Phi) is 8.22. The minimum absolute atomic E-state index is 0.0685. The molecule has 0 aliphatic carbocycles. The molecular weight excluding hydrogens is 500 g/mol. The molecule has 0 bridgehead atoms. The third-order valence-electron chi connectivity index (χ3n) is 4.79. The van der Waals surface area contributed by atoms with E-state index in [-0.39, 0.29) is 33.6 Å². The molecule has 12 heteroatoms. The van der Waals surface area contributed by atoms with Gasteiger partial charge in [-0.2, -0.15) is 5.10 Å². The second-order valence-electron chi connectivity index (χ2n) is 9.15. The van der Waals surface area contributed by atoms with Gasteiger partial charge in [-0.05, 0) is 52.0 Å². The Balaban J connectivity index is 1.89. The Labute approximate surface area is 215 Å². The largest absolute Gasteiger partial charge is 0.479 e. The second-order valence-corrected chi connectivity index (χ2v) is 11.4. The third kappa shape index (κ3) is 7.78. The molecule has 0 saturated heterocycles. The van der Waals surface area contributed by atoms with E-state index >= 15 is 0 Å². The Morgan fingerprint density at radius 1 is 1.08 bits per heavy atom. The first-order chi connectivity index (χ1) is 17.3. The maximum atomic E-state index is 12.9. The van der Waals surface area contributed by atoms with Crippen LogP contribution in [-0.2, 0) is 26.4 Å².